The standard InChI is InChI=1S/C13H19NS/c1-10(2)12-8-6-7-11-9-14(3)15(4,5)13(11)12/h6-8,10H,4-5,9H2,1-3H3. The average molecular weight is 221 g/mol. The maximum atomic E-state index is 4.33. The van der Waals surface area contributed by atoms with Gasteiger partial charge in [-0.2, -0.15) is 0 Å². The fraction of sp³-hybridized carbons (Fsp3) is 0.385. The lowest BCUT2D eigenvalue weighted by atomic mass is 10.0. The molecule has 2 rings (SSSR count). The molecule has 0 fully saturated rings. The Labute approximate surface area is 93.3 Å². The zero-order chi connectivity index (χ0) is 11.2. The molecule has 15 heavy (non-hydrogen) atoms. The second-order valence-electron chi connectivity index (χ2n) is 4.62. The minimum Gasteiger partial charge on any atom is -0.257 e. The van der Waals surface area contributed by atoms with E-state index in [-0.39, 0.29) is 0 Å². The summed E-state index contributed by atoms with van der Waals surface area (Å²) in [6.45, 7) is 5.48. The van der Waals surface area contributed by atoms with Crippen LogP contribution in [0.4, 0.5) is 0 Å². The van der Waals surface area contributed by atoms with E-state index >= 15 is 0 Å². The van der Waals surface area contributed by atoms with Gasteiger partial charge in [0.2, 0.25) is 0 Å². The van der Waals surface area contributed by atoms with Crippen molar-refractivity contribution in [2.45, 2.75) is 31.2 Å². The summed E-state index contributed by atoms with van der Waals surface area (Å²) in [4.78, 5) is 1.42. The predicted molar refractivity (Wildman–Crippen MR) is 72.1 cm³/mol. The predicted octanol–water partition coefficient (Wildman–Crippen LogP) is 3.20. The normalized spacial score (nSPS) is 19.5. The molecule has 0 saturated carbocycles. The van der Waals surface area contributed by atoms with E-state index in [1.807, 2.05) is 0 Å². The van der Waals surface area contributed by atoms with Crippen molar-refractivity contribution in [2.24, 2.45) is 0 Å². The molecule has 1 aliphatic rings. The molecule has 1 aliphatic heterocycles. The molecule has 0 unspecified atom stereocenters. The summed E-state index contributed by atoms with van der Waals surface area (Å²) in [5.74, 6) is 9.22. The van der Waals surface area contributed by atoms with Crippen molar-refractivity contribution in [2.75, 3.05) is 7.05 Å². The Bertz CT molecular complexity index is 483. The van der Waals surface area contributed by atoms with Crippen LogP contribution in [0.15, 0.2) is 23.1 Å². The van der Waals surface area contributed by atoms with Crippen LogP contribution in [0.3, 0.4) is 0 Å². The van der Waals surface area contributed by atoms with Gasteiger partial charge < -0.3 is 0 Å². The zero-order valence-corrected chi connectivity index (χ0v) is 10.6. The Kier molecular flexibility index (Phi) is 2.44. The van der Waals surface area contributed by atoms with Gasteiger partial charge in [0, 0.05) is 11.4 Å². The highest BCUT2D eigenvalue weighted by Gasteiger charge is 2.24. The van der Waals surface area contributed by atoms with Crippen LogP contribution >= 0.6 is 9.39 Å². The third-order valence-electron chi connectivity index (χ3n) is 3.12. The van der Waals surface area contributed by atoms with Gasteiger partial charge in [0.05, 0.1) is 0 Å². The monoisotopic (exact) mass is 221 g/mol. The molecule has 0 N–H and O–H groups in total. The van der Waals surface area contributed by atoms with Crippen molar-refractivity contribution in [3.05, 3.63) is 29.3 Å². The number of nitrogens with zero attached hydrogens (tertiary/aromatic N) is 1. The minimum absolute atomic E-state index is 0.557. The maximum absolute atomic E-state index is 4.33. The summed E-state index contributed by atoms with van der Waals surface area (Å²) in [5, 5.41) is 0. The number of fused-ring (bicyclic) bond motifs is 1. The molecule has 0 bridgehead atoms. The highest BCUT2D eigenvalue weighted by molar-refractivity contribution is 8.26. The Morgan fingerprint density at radius 1 is 1.33 bits per heavy atom. The Morgan fingerprint density at radius 3 is 2.60 bits per heavy atom. The van der Waals surface area contributed by atoms with Gasteiger partial charge in [-0.25, -0.2) is 0 Å². The van der Waals surface area contributed by atoms with Crippen LogP contribution in [0, 0.1) is 0 Å². The van der Waals surface area contributed by atoms with Crippen LogP contribution in [-0.2, 0) is 6.54 Å². The first-order valence-corrected chi connectivity index (χ1v) is 7.20. The molecule has 0 saturated heterocycles. The van der Waals surface area contributed by atoms with Gasteiger partial charge in [0.25, 0.3) is 0 Å². The fourth-order valence-electron chi connectivity index (χ4n) is 2.17. The summed E-state index contributed by atoms with van der Waals surface area (Å²) in [6, 6.07) is 6.59. The van der Waals surface area contributed by atoms with Gasteiger partial charge in [-0.15, -0.1) is 9.39 Å². The zero-order valence-electron chi connectivity index (χ0n) is 9.79. The molecular weight excluding hydrogens is 202 g/mol. The Balaban J connectivity index is 2.73. The first-order valence-electron chi connectivity index (χ1n) is 5.27. The lowest BCUT2D eigenvalue weighted by molar-refractivity contribution is 0.579. The number of rotatable bonds is 1. The summed E-state index contributed by atoms with van der Waals surface area (Å²) in [7, 11) is 0.898. The third kappa shape index (κ3) is 1.52. The average Bonchev–Trinajstić information content (AvgIpc) is 2.38. The van der Waals surface area contributed by atoms with Crippen molar-refractivity contribution >= 4 is 21.1 Å². The van der Waals surface area contributed by atoms with Gasteiger partial charge in [-0.05, 0) is 24.1 Å². The second-order valence-corrected chi connectivity index (χ2v) is 7.33. The summed E-state index contributed by atoms with van der Waals surface area (Å²) in [5.41, 5.74) is 2.85. The number of hydrogen-bond acceptors (Lipinski definition) is 1. The van der Waals surface area contributed by atoms with Crippen LogP contribution in [0.25, 0.3) is 0 Å². The summed E-state index contributed by atoms with van der Waals surface area (Å²) >= 11 is 0. The van der Waals surface area contributed by atoms with Crippen molar-refractivity contribution < 1.29 is 0 Å². The Morgan fingerprint density at radius 2 is 2.00 bits per heavy atom. The Hall–Kier alpha value is -0.730. The SMILES string of the molecule is C=S1(=C)c2c(cccc2C(C)C)CN1C. The first kappa shape index (κ1) is 10.8. The molecule has 1 heterocycles. The van der Waals surface area contributed by atoms with E-state index in [2.05, 4.69) is 55.1 Å². The first-order chi connectivity index (χ1) is 6.94. The van der Waals surface area contributed by atoms with Gasteiger partial charge in [-0.3, -0.25) is 4.31 Å². The molecule has 0 amide bonds. The van der Waals surface area contributed by atoms with Crippen LogP contribution in [0.2, 0.25) is 0 Å². The van der Waals surface area contributed by atoms with Gasteiger partial charge >= 0.3 is 0 Å². The van der Waals surface area contributed by atoms with Gasteiger partial charge in [-0.1, -0.05) is 43.8 Å². The topological polar surface area (TPSA) is 3.24 Å². The molecule has 0 aliphatic carbocycles. The molecule has 0 spiro atoms. The van der Waals surface area contributed by atoms with E-state index in [4.69, 9.17) is 0 Å². The smallest absolute Gasteiger partial charge is 0.0342 e. The second kappa shape index (κ2) is 3.39. The van der Waals surface area contributed by atoms with E-state index in [9.17, 15) is 0 Å². The highest BCUT2D eigenvalue weighted by atomic mass is 32.2. The lowest BCUT2D eigenvalue weighted by Gasteiger charge is -2.21. The van der Waals surface area contributed by atoms with Gasteiger partial charge in [0.1, 0.15) is 0 Å². The van der Waals surface area contributed by atoms with E-state index in [1.54, 1.807) is 0 Å². The van der Waals surface area contributed by atoms with E-state index < -0.39 is 9.39 Å². The van der Waals surface area contributed by atoms with Crippen molar-refractivity contribution in [3.63, 3.8) is 0 Å². The molecule has 0 atom stereocenters. The van der Waals surface area contributed by atoms with Crippen LogP contribution < -0.4 is 0 Å². The number of hydrogen-bond donors (Lipinski definition) is 0. The summed E-state index contributed by atoms with van der Waals surface area (Å²) in [6.07, 6.45) is 0. The van der Waals surface area contributed by atoms with Crippen LogP contribution in [0.1, 0.15) is 30.9 Å². The molecule has 1 nitrogen and oxygen atoms in total. The largest absolute Gasteiger partial charge is 0.257 e. The molecule has 0 radical (unpaired) electrons. The van der Waals surface area contributed by atoms with E-state index in [0.717, 1.165) is 6.54 Å². The van der Waals surface area contributed by atoms with Crippen molar-refractivity contribution in [1.29, 1.82) is 0 Å². The lowest BCUT2D eigenvalue weighted by Crippen LogP contribution is -2.05. The van der Waals surface area contributed by atoms with Gasteiger partial charge in [0.15, 0.2) is 0 Å². The summed E-state index contributed by atoms with van der Waals surface area (Å²) < 4.78 is 2.30. The van der Waals surface area contributed by atoms with Crippen LogP contribution in [-0.4, -0.2) is 23.1 Å². The molecule has 0 aromatic heterocycles. The molecule has 1 aromatic carbocycles. The van der Waals surface area contributed by atoms with Crippen LogP contribution in [0.5, 0.6) is 0 Å². The number of benzene rings is 1. The maximum Gasteiger partial charge on any atom is 0.0342 e. The fourth-order valence-corrected chi connectivity index (χ4v) is 4.23. The highest BCUT2D eigenvalue weighted by Crippen LogP contribution is 2.48. The molecule has 1 aromatic rings. The van der Waals surface area contributed by atoms with E-state index in [1.165, 1.54) is 16.0 Å². The van der Waals surface area contributed by atoms with Crippen molar-refractivity contribution in [1.82, 2.24) is 4.31 Å². The molecule has 82 valence electrons. The third-order valence-corrected chi connectivity index (χ3v) is 5.70. The molecule has 2 heteroatoms. The minimum atomic E-state index is -1.23. The van der Waals surface area contributed by atoms with E-state index in [0.29, 0.717) is 5.92 Å². The molecular formula is C13H19NS. The van der Waals surface area contributed by atoms with Crippen molar-refractivity contribution in [3.8, 4) is 0 Å². The quantitative estimate of drug-likeness (QED) is 0.658.